The first-order valence-electron chi connectivity index (χ1n) is 6.53. The number of aryl methyl sites for hydroxylation is 2. The van der Waals surface area contributed by atoms with Crippen molar-refractivity contribution in [1.29, 1.82) is 0 Å². The zero-order chi connectivity index (χ0) is 13.4. The van der Waals surface area contributed by atoms with Crippen LogP contribution >= 0.6 is 0 Å². The molecule has 98 valence electrons. The third kappa shape index (κ3) is 2.10. The van der Waals surface area contributed by atoms with Crippen molar-refractivity contribution in [2.24, 2.45) is 0 Å². The van der Waals surface area contributed by atoms with Crippen LogP contribution in [0.25, 0.3) is 11.3 Å². The lowest BCUT2D eigenvalue weighted by Gasteiger charge is -2.12. The quantitative estimate of drug-likeness (QED) is 0.894. The number of methoxy groups -OCH3 is 1. The van der Waals surface area contributed by atoms with E-state index < -0.39 is 0 Å². The van der Waals surface area contributed by atoms with Crippen LogP contribution in [0.3, 0.4) is 0 Å². The van der Waals surface area contributed by atoms with Gasteiger partial charge >= 0.3 is 0 Å². The molecule has 0 saturated heterocycles. The second-order valence-electron chi connectivity index (χ2n) is 5.08. The van der Waals surface area contributed by atoms with Gasteiger partial charge in [-0.1, -0.05) is 0 Å². The maximum Gasteiger partial charge on any atom is 0.119 e. The van der Waals surface area contributed by atoms with Crippen molar-refractivity contribution < 1.29 is 4.74 Å². The smallest absolute Gasteiger partial charge is 0.119 e. The average molecular weight is 254 g/mol. The number of ether oxygens (including phenoxy) is 1. The number of hydrogen-bond acceptors (Lipinski definition) is 3. The second kappa shape index (κ2) is 4.67. The Morgan fingerprint density at radius 2 is 1.74 bits per heavy atom. The van der Waals surface area contributed by atoms with Crippen LogP contribution in [0.15, 0.2) is 24.4 Å². The summed E-state index contributed by atoms with van der Waals surface area (Å²) in [6.45, 7) is 6.10. The summed E-state index contributed by atoms with van der Waals surface area (Å²) in [4.78, 5) is 4.62. The Morgan fingerprint density at radius 1 is 1.05 bits per heavy atom. The monoisotopic (exact) mass is 254 g/mol. The van der Waals surface area contributed by atoms with E-state index >= 15 is 0 Å². The topological polar surface area (TPSA) is 34.1 Å². The van der Waals surface area contributed by atoms with Gasteiger partial charge in [-0.05, 0) is 54.3 Å². The highest BCUT2D eigenvalue weighted by molar-refractivity contribution is 5.69. The lowest BCUT2D eigenvalue weighted by molar-refractivity contribution is 0.414. The summed E-state index contributed by atoms with van der Waals surface area (Å²) in [7, 11) is 1.70. The van der Waals surface area contributed by atoms with E-state index in [2.05, 4.69) is 42.3 Å². The number of pyridine rings is 1. The van der Waals surface area contributed by atoms with Crippen LogP contribution in [0.4, 0.5) is 0 Å². The molecule has 0 amide bonds. The highest BCUT2D eigenvalue weighted by Crippen LogP contribution is 2.31. The van der Waals surface area contributed by atoms with E-state index in [1.165, 1.54) is 27.8 Å². The van der Waals surface area contributed by atoms with Gasteiger partial charge in [0.2, 0.25) is 0 Å². The van der Waals surface area contributed by atoms with E-state index in [4.69, 9.17) is 4.74 Å². The molecule has 1 aromatic carbocycles. The lowest BCUT2D eigenvalue weighted by Crippen LogP contribution is -1.99. The summed E-state index contributed by atoms with van der Waals surface area (Å²) in [6, 6.07) is 6.34. The van der Waals surface area contributed by atoms with Crippen molar-refractivity contribution in [1.82, 2.24) is 10.3 Å². The molecule has 3 rings (SSSR count). The van der Waals surface area contributed by atoms with Crippen molar-refractivity contribution in [2.45, 2.75) is 26.9 Å². The first-order chi connectivity index (χ1) is 9.19. The number of aromatic nitrogens is 1. The Morgan fingerprint density at radius 3 is 2.42 bits per heavy atom. The Balaban J connectivity index is 2.12. The van der Waals surface area contributed by atoms with Crippen molar-refractivity contribution in [3.05, 3.63) is 46.6 Å². The van der Waals surface area contributed by atoms with Crippen molar-refractivity contribution in [3.63, 3.8) is 0 Å². The molecule has 0 spiro atoms. The summed E-state index contributed by atoms with van der Waals surface area (Å²) in [5.41, 5.74) is 7.35. The van der Waals surface area contributed by atoms with E-state index in [-0.39, 0.29) is 0 Å². The predicted molar refractivity (Wildman–Crippen MR) is 76.2 cm³/mol. The predicted octanol–water partition coefficient (Wildman–Crippen LogP) is 2.98. The molecule has 3 nitrogen and oxygen atoms in total. The number of nitrogens with one attached hydrogen (secondary N) is 1. The highest BCUT2D eigenvalue weighted by Gasteiger charge is 2.14. The summed E-state index contributed by atoms with van der Waals surface area (Å²) in [6.07, 6.45) is 1.99. The molecule has 2 heterocycles. The maximum absolute atomic E-state index is 5.31. The molecule has 1 aliphatic rings. The van der Waals surface area contributed by atoms with E-state index in [1.807, 2.05) is 6.20 Å². The Kier molecular flexibility index (Phi) is 2.99. The minimum Gasteiger partial charge on any atom is -0.497 e. The fourth-order valence-corrected chi connectivity index (χ4v) is 2.76. The van der Waals surface area contributed by atoms with Crippen LogP contribution in [0, 0.1) is 13.8 Å². The molecule has 1 aliphatic heterocycles. The fraction of sp³-hybridized carbons (Fsp3) is 0.312. The van der Waals surface area contributed by atoms with E-state index in [1.54, 1.807) is 7.11 Å². The molecular weight excluding hydrogens is 236 g/mol. The molecule has 1 aromatic heterocycles. The lowest BCUT2D eigenvalue weighted by atomic mass is 9.97. The molecule has 0 bridgehead atoms. The number of hydrogen-bond donors (Lipinski definition) is 1. The first-order valence-corrected chi connectivity index (χ1v) is 6.53. The van der Waals surface area contributed by atoms with Crippen molar-refractivity contribution in [3.8, 4) is 17.0 Å². The van der Waals surface area contributed by atoms with Gasteiger partial charge in [0, 0.05) is 24.8 Å². The van der Waals surface area contributed by atoms with Gasteiger partial charge in [-0.15, -0.1) is 0 Å². The van der Waals surface area contributed by atoms with Crippen LogP contribution < -0.4 is 10.1 Å². The minimum absolute atomic E-state index is 0.904. The SMILES string of the molecule is COc1cc(C)c(-c2cc3c(cn2)CNC3)c(C)c1. The largest absolute Gasteiger partial charge is 0.497 e. The van der Waals surface area contributed by atoms with Gasteiger partial charge in [-0.3, -0.25) is 4.98 Å². The van der Waals surface area contributed by atoms with E-state index in [0.717, 1.165) is 24.5 Å². The van der Waals surface area contributed by atoms with Gasteiger partial charge in [0.1, 0.15) is 5.75 Å². The number of benzene rings is 1. The number of fused-ring (bicyclic) bond motifs is 1. The molecule has 0 saturated carbocycles. The van der Waals surface area contributed by atoms with Gasteiger partial charge in [0.15, 0.2) is 0 Å². The zero-order valence-electron chi connectivity index (χ0n) is 11.6. The summed E-state index contributed by atoms with van der Waals surface area (Å²) in [5, 5.41) is 3.35. The summed E-state index contributed by atoms with van der Waals surface area (Å²) >= 11 is 0. The van der Waals surface area contributed by atoms with Gasteiger partial charge in [-0.2, -0.15) is 0 Å². The summed E-state index contributed by atoms with van der Waals surface area (Å²) in [5.74, 6) is 0.904. The molecule has 0 radical (unpaired) electrons. The Labute approximate surface area is 113 Å². The van der Waals surface area contributed by atoms with Crippen LogP contribution in [-0.2, 0) is 13.1 Å². The molecule has 1 N–H and O–H groups in total. The molecule has 0 aliphatic carbocycles. The number of nitrogens with zero attached hydrogens (tertiary/aromatic N) is 1. The molecule has 0 unspecified atom stereocenters. The van der Waals surface area contributed by atoms with Gasteiger partial charge in [-0.25, -0.2) is 0 Å². The first kappa shape index (κ1) is 12.2. The minimum atomic E-state index is 0.904. The average Bonchev–Trinajstić information content (AvgIpc) is 2.85. The fourth-order valence-electron chi connectivity index (χ4n) is 2.76. The maximum atomic E-state index is 5.31. The molecule has 2 aromatic rings. The standard InChI is InChI=1S/C16H18N2O/c1-10-4-14(19-3)5-11(2)16(10)15-6-12-7-17-8-13(12)9-18-15/h4-6,9,17H,7-8H2,1-3H3. The van der Waals surface area contributed by atoms with Gasteiger partial charge in [0.05, 0.1) is 12.8 Å². The third-order valence-electron chi connectivity index (χ3n) is 3.71. The van der Waals surface area contributed by atoms with Gasteiger partial charge in [0.25, 0.3) is 0 Å². The molecule has 3 heteroatoms. The van der Waals surface area contributed by atoms with Crippen LogP contribution in [0.1, 0.15) is 22.3 Å². The van der Waals surface area contributed by atoms with Crippen LogP contribution in [0.2, 0.25) is 0 Å². The third-order valence-corrected chi connectivity index (χ3v) is 3.71. The van der Waals surface area contributed by atoms with Crippen LogP contribution in [0.5, 0.6) is 5.75 Å². The van der Waals surface area contributed by atoms with Crippen molar-refractivity contribution in [2.75, 3.05) is 7.11 Å². The van der Waals surface area contributed by atoms with Crippen LogP contribution in [-0.4, -0.2) is 12.1 Å². The normalized spacial score (nSPS) is 13.4. The Bertz CT molecular complexity index is 612. The zero-order valence-corrected chi connectivity index (χ0v) is 11.6. The molecule has 0 fully saturated rings. The highest BCUT2D eigenvalue weighted by atomic mass is 16.5. The summed E-state index contributed by atoms with van der Waals surface area (Å²) < 4.78 is 5.31. The van der Waals surface area contributed by atoms with Gasteiger partial charge < -0.3 is 10.1 Å². The van der Waals surface area contributed by atoms with Crippen molar-refractivity contribution >= 4 is 0 Å². The Hall–Kier alpha value is -1.87. The second-order valence-corrected chi connectivity index (χ2v) is 5.08. The molecular formula is C16H18N2O. The molecule has 0 atom stereocenters. The molecule has 19 heavy (non-hydrogen) atoms. The number of rotatable bonds is 2. The van der Waals surface area contributed by atoms with E-state index in [9.17, 15) is 0 Å². The van der Waals surface area contributed by atoms with E-state index in [0.29, 0.717) is 0 Å².